The van der Waals surface area contributed by atoms with Crippen LogP contribution in [-0.4, -0.2) is 11.6 Å². The highest BCUT2D eigenvalue weighted by Crippen LogP contribution is 2.68. The molecular weight excluding hydrogens is 825 g/mol. The second-order valence-electron chi connectivity index (χ2n) is 15.9. The summed E-state index contributed by atoms with van der Waals surface area (Å²) in [5.41, 5.74) is 8.46. The molecule has 59 heavy (non-hydrogen) atoms. The first kappa shape index (κ1) is 35.8. The van der Waals surface area contributed by atoms with Crippen LogP contribution in [0.2, 0.25) is 0 Å². The third-order valence-electron chi connectivity index (χ3n) is 12.0. The van der Waals surface area contributed by atoms with E-state index in [9.17, 15) is 30.6 Å². The molecule has 278 valence electrons. The van der Waals surface area contributed by atoms with E-state index in [4.69, 9.17) is 0 Å². The molecule has 0 radical (unpaired) electrons. The summed E-state index contributed by atoms with van der Waals surface area (Å²) in [6, 6.07) is 26.7. The maximum absolute atomic E-state index is 13.7. The zero-order valence-electron chi connectivity index (χ0n) is 31.6. The van der Waals surface area contributed by atoms with Gasteiger partial charge in [0.25, 0.3) is 0 Å². The highest BCUT2D eigenvalue weighted by molar-refractivity contribution is 7.34. The summed E-state index contributed by atoms with van der Waals surface area (Å²) in [6.07, 6.45) is 3.71. The lowest BCUT2D eigenvalue weighted by molar-refractivity contribution is 0.103. The first-order valence-electron chi connectivity index (χ1n) is 18.6. The van der Waals surface area contributed by atoms with Crippen LogP contribution in [-0.2, 0) is 10.8 Å². The predicted octanol–water partition coefficient (Wildman–Crippen LogP) is 13.1. The number of ketones is 2. The van der Waals surface area contributed by atoms with Gasteiger partial charge in [-0.2, -0.15) is 21.0 Å². The monoisotopic (exact) mass is 848 g/mol. The van der Waals surface area contributed by atoms with Crippen LogP contribution < -0.4 is 0 Å². The molecule has 11 rings (SSSR count). The highest BCUT2D eigenvalue weighted by atomic mass is 32.1. The molecule has 0 spiro atoms. The molecule has 5 heterocycles. The van der Waals surface area contributed by atoms with Gasteiger partial charge in [0.1, 0.15) is 35.4 Å². The van der Waals surface area contributed by atoms with Crippen LogP contribution in [0.5, 0.6) is 0 Å². The van der Waals surface area contributed by atoms with Crippen LogP contribution in [0.1, 0.15) is 91.5 Å². The van der Waals surface area contributed by atoms with Crippen molar-refractivity contribution in [3.8, 4) is 43.8 Å². The van der Waals surface area contributed by atoms with Crippen molar-refractivity contribution < 1.29 is 9.59 Å². The van der Waals surface area contributed by atoms with Crippen molar-refractivity contribution in [2.24, 2.45) is 0 Å². The van der Waals surface area contributed by atoms with Crippen LogP contribution in [0.25, 0.3) is 61.6 Å². The quantitative estimate of drug-likeness (QED) is 0.126. The van der Waals surface area contributed by atoms with Gasteiger partial charge < -0.3 is 0 Å². The molecule has 0 saturated heterocycles. The molecule has 7 aromatic rings. The summed E-state index contributed by atoms with van der Waals surface area (Å²) in [5.74, 6) is -0.355. The minimum atomic E-state index is -0.295. The van der Waals surface area contributed by atoms with Gasteiger partial charge in [-0.05, 0) is 57.7 Å². The van der Waals surface area contributed by atoms with E-state index < -0.39 is 0 Å². The lowest BCUT2D eigenvalue weighted by Gasteiger charge is -2.28. The number of nitriles is 4. The van der Waals surface area contributed by atoms with Crippen LogP contribution in [0, 0.1) is 45.3 Å². The van der Waals surface area contributed by atoms with E-state index in [1.165, 1.54) is 51.2 Å². The second kappa shape index (κ2) is 12.1. The number of hydrogen-bond donors (Lipinski definition) is 0. The van der Waals surface area contributed by atoms with E-state index in [0.717, 1.165) is 19.2 Å². The molecule has 11 heteroatoms. The Kier molecular flexibility index (Phi) is 7.37. The Bertz CT molecular complexity index is 3270. The number of nitrogens with zero attached hydrogens (tertiary/aromatic N) is 4. The maximum atomic E-state index is 13.7. The van der Waals surface area contributed by atoms with Gasteiger partial charge in [-0.3, -0.25) is 9.59 Å². The second-order valence-corrected chi connectivity index (χ2v) is 21.2. The van der Waals surface area contributed by atoms with Crippen molar-refractivity contribution in [3.63, 3.8) is 0 Å². The Morgan fingerprint density at radius 2 is 0.864 bits per heavy atom. The third kappa shape index (κ3) is 4.55. The molecular formula is C48H24N4O2S5. The van der Waals surface area contributed by atoms with Crippen LogP contribution >= 0.6 is 56.7 Å². The van der Waals surface area contributed by atoms with Crippen molar-refractivity contribution in [2.75, 3.05) is 0 Å². The van der Waals surface area contributed by atoms with Crippen molar-refractivity contribution in [1.29, 1.82) is 21.0 Å². The molecule has 4 aliphatic rings. The largest absolute Gasteiger partial charge is 0.289 e. The molecule has 0 unspecified atom stereocenters. The van der Waals surface area contributed by atoms with Gasteiger partial charge in [-0.1, -0.05) is 76.2 Å². The number of hydrogen-bond acceptors (Lipinski definition) is 11. The van der Waals surface area contributed by atoms with Crippen molar-refractivity contribution in [1.82, 2.24) is 0 Å². The summed E-state index contributed by atoms with van der Waals surface area (Å²) in [6.45, 7) is 9.30. The summed E-state index contributed by atoms with van der Waals surface area (Å²) in [7, 11) is 0. The molecule has 0 atom stereocenters. The van der Waals surface area contributed by atoms with Gasteiger partial charge in [0.05, 0.1) is 19.2 Å². The zero-order valence-corrected chi connectivity index (χ0v) is 35.7. The number of carbonyl (C=O) groups excluding carboxylic acids is 2. The average molecular weight is 849 g/mol. The topological polar surface area (TPSA) is 129 Å². The summed E-state index contributed by atoms with van der Waals surface area (Å²) in [4.78, 5) is 34.4. The van der Waals surface area contributed by atoms with Crippen LogP contribution in [0.3, 0.4) is 0 Å². The standard InChI is InChI=1S/C48H24N4O2S5/c1-47(2)35-36-44(46-38(48(36,3)4)42-32(58-46)16-24(56-42)14-30-34(22(19-51)20-52)26-10-6-8-12-28(26)40(30)54)59-43(35)45-37(47)41-31(57-45)15-23(55-41)13-29-33(21(17-49)18-50)25-9-5-7-11-27(25)39(29)53/h5-16H,1-4H3/b29-13-,30-14-. The number of thiophene rings is 5. The Morgan fingerprint density at radius 1 is 0.508 bits per heavy atom. The van der Waals surface area contributed by atoms with Gasteiger partial charge in [-0.15, -0.1) is 56.7 Å². The molecule has 2 aromatic carbocycles. The normalized spacial score (nSPS) is 17.4. The fraction of sp³-hybridized carbons (Fsp3) is 0.125. The average Bonchev–Trinajstić information content (AvgIpc) is 4.09. The third-order valence-corrected chi connectivity index (χ3v) is 18.3. The number of rotatable bonds is 2. The first-order chi connectivity index (χ1) is 28.4. The van der Waals surface area contributed by atoms with Crippen molar-refractivity contribution >= 4 is 110 Å². The van der Waals surface area contributed by atoms with E-state index in [1.807, 2.05) is 59.9 Å². The summed E-state index contributed by atoms with van der Waals surface area (Å²) >= 11 is 8.79. The molecule has 0 N–H and O–H groups in total. The molecule has 5 aromatic heterocycles. The lowest BCUT2D eigenvalue weighted by Crippen LogP contribution is -2.23. The van der Waals surface area contributed by atoms with Crippen molar-refractivity contribution in [2.45, 2.75) is 38.5 Å². The fourth-order valence-corrected chi connectivity index (χ4v) is 17.3. The van der Waals surface area contributed by atoms with Crippen LogP contribution in [0.15, 0.2) is 83.0 Å². The summed E-state index contributed by atoms with van der Waals surface area (Å²) in [5, 5.41) is 39.3. The molecule has 0 saturated carbocycles. The Balaban J connectivity index is 0.993. The number of fused-ring (bicyclic) bond motifs is 13. The number of benzene rings is 2. The minimum Gasteiger partial charge on any atom is -0.289 e. The molecule has 6 nitrogen and oxygen atoms in total. The van der Waals surface area contributed by atoms with Crippen LogP contribution in [0.4, 0.5) is 0 Å². The van der Waals surface area contributed by atoms with E-state index >= 15 is 0 Å². The van der Waals surface area contributed by atoms with Gasteiger partial charge in [0, 0.05) is 73.2 Å². The van der Waals surface area contributed by atoms with E-state index in [0.29, 0.717) is 44.5 Å². The first-order valence-corrected chi connectivity index (χ1v) is 22.6. The van der Waals surface area contributed by atoms with Gasteiger partial charge in [0.2, 0.25) is 0 Å². The fourth-order valence-electron chi connectivity index (χ4n) is 9.58. The van der Waals surface area contributed by atoms with E-state index in [-0.39, 0.29) is 33.5 Å². The molecule has 0 fully saturated rings. The SMILES string of the molecule is CC1(C)c2c(sc3c2C(C)(C)c2c-3sc3cc(/C=C4\C(=O)c5ccccc5C4=C(C#N)C#N)sc23)-c2sc3cc(/C=C4\C(=O)c5ccccc5C4=C(C#N)C#N)sc3c21. The summed E-state index contributed by atoms with van der Waals surface area (Å²) < 4.78 is 4.71. The van der Waals surface area contributed by atoms with E-state index in [1.54, 1.807) is 81.7 Å². The Labute approximate surface area is 358 Å². The van der Waals surface area contributed by atoms with Gasteiger partial charge >= 0.3 is 0 Å². The number of Topliss-reactive ketones (excluding diaryl/α,β-unsaturated/α-hetero) is 2. The molecule has 4 aliphatic carbocycles. The minimum absolute atomic E-state index is 0.0663. The Morgan fingerprint density at radius 3 is 1.24 bits per heavy atom. The Hall–Kier alpha value is -6.28. The number of carbonyl (C=O) groups is 2. The number of allylic oxidation sites excluding steroid dienone is 6. The van der Waals surface area contributed by atoms with E-state index in [2.05, 4.69) is 39.8 Å². The molecule has 0 aliphatic heterocycles. The smallest absolute Gasteiger partial charge is 0.194 e. The lowest BCUT2D eigenvalue weighted by atomic mass is 9.74. The zero-order chi connectivity index (χ0) is 40.9. The molecule has 0 amide bonds. The predicted molar refractivity (Wildman–Crippen MR) is 240 cm³/mol. The maximum Gasteiger partial charge on any atom is 0.194 e. The van der Waals surface area contributed by atoms with Gasteiger partial charge in [0.15, 0.2) is 11.6 Å². The highest BCUT2D eigenvalue weighted by Gasteiger charge is 2.51. The van der Waals surface area contributed by atoms with Gasteiger partial charge in [-0.25, -0.2) is 0 Å². The van der Waals surface area contributed by atoms with Crippen molar-refractivity contribution in [3.05, 3.63) is 137 Å². The molecule has 0 bridgehead atoms.